The molecule has 35 heavy (non-hydrogen) atoms. The smallest absolute Gasteiger partial charge is 0.263 e. The van der Waals surface area contributed by atoms with Crippen LogP contribution in [-0.2, 0) is 17.9 Å². The lowest BCUT2D eigenvalue weighted by molar-refractivity contribution is -0.122. The molecule has 5 rings (SSSR count). The van der Waals surface area contributed by atoms with Gasteiger partial charge in [-0.05, 0) is 29.5 Å². The number of amides is 1. The molecule has 2 heterocycles. The van der Waals surface area contributed by atoms with E-state index in [2.05, 4.69) is 25.9 Å². The number of nitrogens with zero attached hydrogens (tertiary/aromatic N) is 6. The maximum Gasteiger partial charge on any atom is 0.263 e. The van der Waals surface area contributed by atoms with E-state index >= 15 is 0 Å². The van der Waals surface area contributed by atoms with Gasteiger partial charge in [0.2, 0.25) is 5.82 Å². The number of halogens is 2. The fourth-order valence-electron chi connectivity index (χ4n) is 3.72. The number of para-hydroxylation sites is 1. The van der Waals surface area contributed by atoms with Crippen LogP contribution in [-0.4, -0.2) is 36.9 Å². The molecule has 10 heteroatoms. The third-order valence-corrected chi connectivity index (χ3v) is 5.69. The van der Waals surface area contributed by atoms with Crippen molar-refractivity contribution >= 4 is 34.6 Å². The molecule has 3 aromatic carbocycles. The van der Waals surface area contributed by atoms with Crippen LogP contribution in [0.25, 0.3) is 22.3 Å². The van der Waals surface area contributed by atoms with E-state index in [0.717, 1.165) is 16.5 Å². The Morgan fingerprint density at radius 2 is 1.83 bits per heavy atom. The number of carbonyl (C=O) groups excluding carboxylic acids is 1. The van der Waals surface area contributed by atoms with Crippen LogP contribution in [0, 0.1) is 5.82 Å². The Kier molecular flexibility index (Phi) is 6.32. The number of benzene rings is 3. The Balaban J connectivity index is 1.28. The first kappa shape index (κ1) is 22.4. The van der Waals surface area contributed by atoms with Crippen molar-refractivity contribution in [3.63, 3.8) is 0 Å². The number of nitrogens with one attached hydrogen (secondary N) is 1. The van der Waals surface area contributed by atoms with Gasteiger partial charge in [-0.25, -0.2) is 9.82 Å². The van der Waals surface area contributed by atoms with Gasteiger partial charge < -0.3 is 4.57 Å². The van der Waals surface area contributed by atoms with Gasteiger partial charge in [-0.1, -0.05) is 60.1 Å². The van der Waals surface area contributed by atoms with Crippen molar-refractivity contribution < 1.29 is 9.18 Å². The molecule has 0 saturated heterocycles. The first-order chi connectivity index (χ1) is 17.1. The summed E-state index contributed by atoms with van der Waals surface area (Å²) in [5, 5.41) is 17.6. The van der Waals surface area contributed by atoms with Gasteiger partial charge >= 0.3 is 0 Å². The molecule has 0 bridgehead atoms. The monoisotopic (exact) mass is 487 g/mol. The van der Waals surface area contributed by atoms with Crippen molar-refractivity contribution in [1.29, 1.82) is 0 Å². The Labute approximate surface area is 204 Å². The fraction of sp³-hybridized carbons (Fsp3) is 0.0800. The molecule has 174 valence electrons. The molecule has 0 saturated carbocycles. The molecule has 0 aliphatic rings. The van der Waals surface area contributed by atoms with Crippen LogP contribution < -0.4 is 5.43 Å². The summed E-state index contributed by atoms with van der Waals surface area (Å²) in [5.41, 5.74) is 5.42. The van der Waals surface area contributed by atoms with E-state index in [0.29, 0.717) is 28.5 Å². The quantitative estimate of drug-likeness (QED) is 0.274. The van der Waals surface area contributed by atoms with Gasteiger partial charge in [-0.3, -0.25) is 4.79 Å². The molecule has 0 aliphatic heterocycles. The molecular weight excluding hydrogens is 469 g/mol. The zero-order chi connectivity index (χ0) is 24.2. The number of aromatic nitrogens is 5. The Morgan fingerprint density at radius 1 is 1.06 bits per heavy atom. The van der Waals surface area contributed by atoms with Crippen LogP contribution in [0.15, 0.2) is 84.1 Å². The number of carbonyl (C=O) groups is 1. The molecule has 0 fully saturated rings. The first-order valence-corrected chi connectivity index (χ1v) is 11.1. The van der Waals surface area contributed by atoms with Gasteiger partial charge in [0.15, 0.2) is 0 Å². The summed E-state index contributed by atoms with van der Waals surface area (Å²) in [4.78, 5) is 13.5. The molecule has 0 unspecified atom stereocenters. The molecule has 2 aromatic heterocycles. The van der Waals surface area contributed by atoms with E-state index in [1.165, 1.54) is 10.9 Å². The van der Waals surface area contributed by atoms with E-state index in [1.807, 2.05) is 47.2 Å². The van der Waals surface area contributed by atoms with Crippen molar-refractivity contribution in [3.05, 3.63) is 101 Å². The van der Waals surface area contributed by atoms with Crippen molar-refractivity contribution in [3.8, 4) is 11.4 Å². The van der Waals surface area contributed by atoms with E-state index in [9.17, 15) is 9.18 Å². The number of hydrogen-bond donors (Lipinski definition) is 1. The molecule has 8 nitrogen and oxygen atoms in total. The number of hydrogen-bond acceptors (Lipinski definition) is 5. The van der Waals surface area contributed by atoms with Crippen LogP contribution in [0.2, 0.25) is 5.02 Å². The molecule has 0 radical (unpaired) electrons. The number of rotatable bonds is 7. The average Bonchev–Trinajstić information content (AvgIpc) is 3.46. The van der Waals surface area contributed by atoms with Gasteiger partial charge in [-0.15, -0.1) is 10.2 Å². The summed E-state index contributed by atoms with van der Waals surface area (Å²) < 4.78 is 16.1. The van der Waals surface area contributed by atoms with Gasteiger partial charge in [0.05, 0.1) is 17.8 Å². The topological polar surface area (TPSA) is 90.0 Å². The maximum atomic E-state index is 14.2. The standard InChI is InChI=1S/C25H19ClFN7O/c26-21-10-4-2-9-20(21)25-30-32-34(31-25)16-24(35)29-28-13-18-15-33(23-12-6-3-8-19(18)23)14-17-7-1-5-11-22(17)27/h1-13,15H,14,16H2,(H,29,35)/b28-13-. The average molecular weight is 488 g/mol. The molecule has 0 aliphatic carbocycles. The predicted molar refractivity (Wildman–Crippen MR) is 131 cm³/mol. The van der Waals surface area contributed by atoms with Crippen molar-refractivity contribution in [1.82, 2.24) is 30.2 Å². The van der Waals surface area contributed by atoms with E-state index in [1.54, 1.807) is 36.5 Å². The van der Waals surface area contributed by atoms with E-state index in [4.69, 9.17) is 11.6 Å². The maximum absolute atomic E-state index is 14.2. The highest BCUT2D eigenvalue weighted by Crippen LogP contribution is 2.24. The summed E-state index contributed by atoms with van der Waals surface area (Å²) in [6.45, 7) is 0.211. The lowest BCUT2D eigenvalue weighted by atomic mass is 10.2. The second kappa shape index (κ2) is 9.86. The van der Waals surface area contributed by atoms with Gasteiger partial charge in [0.25, 0.3) is 5.91 Å². The van der Waals surface area contributed by atoms with Crippen LogP contribution in [0.4, 0.5) is 4.39 Å². The summed E-state index contributed by atoms with van der Waals surface area (Å²) in [7, 11) is 0. The molecular formula is C25H19ClFN7O. The highest BCUT2D eigenvalue weighted by molar-refractivity contribution is 6.33. The Morgan fingerprint density at radius 3 is 2.69 bits per heavy atom. The van der Waals surface area contributed by atoms with Gasteiger partial charge in [0, 0.05) is 33.8 Å². The Hall–Kier alpha value is -4.37. The summed E-state index contributed by atoms with van der Waals surface area (Å²) in [5.74, 6) is -0.346. The lowest BCUT2D eigenvalue weighted by Gasteiger charge is -2.06. The SMILES string of the molecule is O=C(Cn1nnc(-c2ccccc2Cl)n1)N/N=C\c1cn(Cc2ccccc2F)c2ccccc12. The molecule has 1 N–H and O–H groups in total. The number of fused-ring (bicyclic) bond motifs is 1. The third-order valence-electron chi connectivity index (χ3n) is 5.36. The minimum Gasteiger partial charge on any atom is -0.342 e. The van der Waals surface area contributed by atoms with Crippen LogP contribution in [0.5, 0.6) is 0 Å². The van der Waals surface area contributed by atoms with Gasteiger partial charge in [-0.2, -0.15) is 9.90 Å². The largest absolute Gasteiger partial charge is 0.342 e. The second-order valence-electron chi connectivity index (χ2n) is 7.74. The van der Waals surface area contributed by atoms with E-state index < -0.39 is 5.91 Å². The van der Waals surface area contributed by atoms with E-state index in [-0.39, 0.29) is 12.4 Å². The predicted octanol–water partition coefficient (Wildman–Crippen LogP) is 4.29. The summed E-state index contributed by atoms with van der Waals surface area (Å²) in [6.07, 6.45) is 3.43. The first-order valence-electron chi connectivity index (χ1n) is 10.7. The molecule has 5 aromatic rings. The second-order valence-corrected chi connectivity index (χ2v) is 8.14. The van der Waals surface area contributed by atoms with Crippen molar-refractivity contribution in [2.24, 2.45) is 5.10 Å². The summed E-state index contributed by atoms with van der Waals surface area (Å²) >= 11 is 6.16. The van der Waals surface area contributed by atoms with Gasteiger partial charge in [0.1, 0.15) is 12.4 Å². The highest BCUT2D eigenvalue weighted by Gasteiger charge is 2.12. The zero-order valence-electron chi connectivity index (χ0n) is 18.3. The summed E-state index contributed by atoms with van der Waals surface area (Å²) in [6, 6.07) is 21.5. The number of hydrazone groups is 1. The van der Waals surface area contributed by atoms with Crippen molar-refractivity contribution in [2.45, 2.75) is 13.1 Å². The molecule has 1 amide bonds. The minimum atomic E-state index is -0.417. The van der Waals surface area contributed by atoms with Crippen molar-refractivity contribution in [2.75, 3.05) is 0 Å². The normalized spacial score (nSPS) is 11.4. The van der Waals surface area contributed by atoms with Crippen LogP contribution >= 0.6 is 11.6 Å². The minimum absolute atomic E-state index is 0.163. The third kappa shape index (κ3) is 4.95. The molecule has 0 spiro atoms. The number of tetrazole rings is 1. The zero-order valence-corrected chi connectivity index (χ0v) is 19.1. The Bertz CT molecular complexity index is 1540. The van der Waals surface area contributed by atoms with Crippen LogP contribution in [0.3, 0.4) is 0 Å². The molecule has 0 atom stereocenters. The highest BCUT2D eigenvalue weighted by atomic mass is 35.5. The fourth-order valence-corrected chi connectivity index (χ4v) is 3.94. The van der Waals surface area contributed by atoms with Crippen LogP contribution in [0.1, 0.15) is 11.1 Å². The lowest BCUT2D eigenvalue weighted by Crippen LogP contribution is -2.24.